The van der Waals surface area contributed by atoms with Crippen molar-refractivity contribution in [2.24, 2.45) is 0 Å². The van der Waals surface area contributed by atoms with E-state index >= 15 is 0 Å². The van der Waals surface area contributed by atoms with Crippen LogP contribution < -0.4 is 10.9 Å². The standard InChI is InChI=1S/C20H12N2O3/c23-18-10-5-1-4-8-14(10)22-17-12(18)9-15-16(20(17)25)19(24)11-6-2-3-7-13(11)21-15/h1-9,25H,(H,21,24)(H,22,23). The maximum absolute atomic E-state index is 12.8. The third-order valence-electron chi connectivity index (χ3n) is 4.65. The van der Waals surface area contributed by atoms with Gasteiger partial charge in [-0.05, 0) is 30.3 Å². The number of phenols is 1. The van der Waals surface area contributed by atoms with Gasteiger partial charge in [-0.25, -0.2) is 0 Å². The lowest BCUT2D eigenvalue weighted by molar-refractivity contribution is 0.486. The number of aromatic hydroxyl groups is 1. The highest BCUT2D eigenvalue weighted by atomic mass is 16.3. The van der Waals surface area contributed by atoms with Crippen LogP contribution in [0.3, 0.4) is 0 Å². The van der Waals surface area contributed by atoms with Crippen LogP contribution in [0.15, 0.2) is 64.2 Å². The maximum Gasteiger partial charge on any atom is 0.201 e. The highest BCUT2D eigenvalue weighted by Crippen LogP contribution is 2.30. The van der Waals surface area contributed by atoms with Gasteiger partial charge in [0.25, 0.3) is 0 Å². The van der Waals surface area contributed by atoms with Gasteiger partial charge in [0.2, 0.25) is 5.43 Å². The molecule has 0 saturated carbocycles. The number of hydrogen-bond acceptors (Lipinski definition) is 3. The van der Waals surface area contributed by atoms with Crippen LogP contribution in [0.25, 0.3) is 43.6 Å². The van der Waals surface area contributed by atoms with Gasteiger partial charge >= 0.3 is 0 Å². The second-order valence-corrected chi connectivity index (χ2v) is 6.07. The first-order valence-electron chi connectivity index (χ1n) is 7.86. The largest absolute Gasteiger partial charge is 0.505 e. The average molecular weight is 328 g/mol. The highest BCUT2D eigenvalue weighted by molar-refractivity contribution is 6.07. The van der Waals surface area contributed by atoms with Crippen molar-refractivity contribution in [1.82, 2.24) is 9.97 Å². The number of aromatic nitrogens is 2. The summed E-state index contributed by atoms with van der Waals surface area (Å²) >= 11 is 0. The van der Waals surface area contributed by atoms with Crippen molar-refractivity contribution in [3.8, 4) is 5.75 Å². The molecule has 0 atom stereocenters. The average Bonchev–Trinajstić information content (AvgIpc) is 2.63. The van der Waals surface area contributed by atoms with E-state index in [1.54, 1.807) is 42.5 Å². The fourth-order valence-corrected chi connectivity index (χ4v) is 3.44. The Hall–Kier alpha value is -3.60. The summed E-state index contributed by atoms with van der Waals surface area (Å²) in [6.07, 6.45) is 0. The molecule has 5 heteroatoms. The molecule has 0 aliphatic rings. The molecule has 0 bridgehead atoms. The summed E-state index contributed by atoms with van der Waals surface area (Å²) in [5, 5.41) is 12.3. The summed E-state index contributed by atoms with van der Waals surface area (Å²) in [4.78, 5) is 31.9. The van der Waals surface area contributed by atoms with E-state index in [4.69, 9.17) is 0 Å². The number of phenolic OH excluding ortho intramolecular Hbond substituents is 1. The zero-order chi connectivity index (χ0) is 17.1. The molecule has 3 N–H and O–H groups in total. The van der Waals surface area contributed by atoms with E-state index in [2.05, 4.69) is 9.97 Å². The molecular weight excluding hydrogens is 316 g/mol. The van der Waals surface area contributed by atoms with Crippen LogP contribution >= 0.6 is 0 Å². The molecule has 0 radical (unpaired) electrons. The number of benzene rings is 3. The molecule has 0 spiro atoms. The maximum atomic E-state index is 12.8. The molecule has 2 heterocycles. The molecule has 2 aromatic heterocycles. The fourth-order valence-electron chi connectivity index (χ4n) is 3.44. The first kappa shape index (κ1) is 13.8. The number of aromatic amines is 2. The van der Waals surface area contributed by atoms with Crippen LogP contribution in [-0.4, -0.2) is 15.1 Å². The molecule has 0 aliphatic carbocycles. The summed E-state index contributed by atoms with van der Waals surface area (Å²) in [6, 6.07) is 15.8. The van der Waals surface area contributed by atoms with Crippen LogP contribution in [0, 0.1) is 0 Å². The van der Waals surface area contributed by atoms with Crippen LogP contribution in [0.5, 0.6) is 5.75 Å². The smallest absolute Gasteiger partial charge is 0.201 e. The van der Waals surface area contributed by atoms with Gasteiger partial charge in [0.05, 0.1) is 21.8 Å². The lowest BCUT2D eigenvalue weighted by Gasteiger charge is -2.09. The number of H-pyrrole nitrogens is 2. The van der Waals surface area contributed by atoms with E-state index in [-0.39, 0.29) is 27.5 Å². The number of para-hydroxylation sites is 2. The Bertz CT molecular complexity index is 1440. The summed E-state index contributed by atoms with van der Waals surface area (Å²) < 4.78 is 0. The van der Waals surface area contributed by atoms with E-state index in [9.17, 15) is 14.7 Å². The van der Waals surface area contributed by atoms with Crippen molar-refractivity contribution in [2.75, 3.05) is 0 Å². The normalized spacial score (nSPS) is 11.7. The van der Waals surface area contributed by atoms with Crippen molar-refractivity contribution < 1.29 is 5.11 Å². The minimum atomic E-state index is -0.266. The first-order valence-corrected chi connectivity index (χ1v) is 7.86. The number of pyridine rings is 2. The Labute approximate surface area is 140 Å². The monoisotopic (exact) mass is 328 g/mol. The second-order valence-electron chi connectivity index (χ2n) is 6.07. The van der Waals surface area contributed by atoms with E-state index in [1.807, 2.05) is 12.1 Å². The Morgan fingerprint density at radius 2 is 1.28 bits per heavy atom. The molecule has 0 fully saturated rings. The summed E-state index contributed by atoms with van der Waals surface area (Å²) in [5.41, 5.74) is 1.54. The van der Waals surface area contributed by atoms with Crippen molar-refractivity contribution in [3.05, 3.63) is 75.0 Å². The van der Waals surface area contributed by atoms with Crippen molar-refractivity contribution in [1.29, 1.82) is 0 Å². The van der Waals surface area contributed by atoms with E-state index in [0.717, 1.165) is 0 Å². The first-order chi connectivity index (χ1) is 12.1. The van der Waals surface area contributed by atoms with Gasteiger partial charge in [-0.15, -0.1) is 0 Å². The van der Waals surface area contributed by atoms with Crippen LogP contribution in [0.1, 0.15) is 0 Å². The highest BCUT2D eigenvalue weighted by Gasteiger charge is 2.16. The van der Waals surface area contributed by atoms with Gasteiger partial charge in [-0.1, -0.05) is 24.3 Å². The molecule has 25 heavy (non-hydrogen) atoms. The van der Waals surface area contributed by atoms with E-state index < -0.39 is 0 Å². The van der Waals surface area contributed by atoms with Gasteiger partial charge in [0.1, 0.15) is 0 Å². The second kappa shape index (κ2) is 4.70. The third kappa shape index (κ3) is 1.77. The van der Waals surface area contributed by atoms with Gasteiger partial charge in [0.15, 0.2) is 11.2 Å². The summed E-state index contributed by atoms with van der Waals surface area (Å²) in [5.74, 6) is -0.206. The van der Waals surface area contributed by atoms with Crippen LogP contribution in [0.4, 0.5) is 0 Å². The van der Waals surface area contributed by atoms with Crippen molar-refractivity contribution >= 4 is 43.6 Å². The number of rotatable bonds is 0. The van der Waals surface area contributed by atoms with Crippen LogP contribution in [0.2, 0.25) is 0 Å². The van der Waals surface area contributed by atoms with E-state index in [1.165, 1.54) is 0 Å². The van der Waals surface area contributed by atoms with Gasteiger partial charge in [-0.3, -0.25) is 9.59 Å². The van der Waals surface area contributed by atoms with Gasteiger partial charge in [-0.2, -0.15) is 0 Å². The molecule has 5 rings (SSSR count). The molecule has 5 nitrogen and oxygen atoms in total. The minimum Gasteiger partial charge on any atom is -0.505 e. The Balaban J connectivity index is 2.10. The van der Waals surface area contributed by atoms with Gasteiger partial charge < -0.3 is 15.1 Å². The molecule has 0 unspecified atom stereocenters. The predicted octanol–water partition coefficient (Wildman–Crippen LogP) is 3.38. The van der Waals surface area contributed by atoms with E-state index in [0.29, 0.717) is 32.7 Å². The van der Waals surface area contributed by atoms with Gasteiger partial charge in [0, 0.05) is 21.8 Å². The zero-order valence-electron chi connectivity index (χ0n) is 13.0. The molecule has 3 aromatic carbocycles. The van der Waals surface area contributed by atoms with Crippen LogP contribution in [-0.2, 0) is 0 Å². The quantitative estimate of drug-likeness (QED) is 0.381. The molecule has 5 aromatic rings. The lowest BCUT2D eigenvalue weighted by Crippen LogP contribution is -2.08. The van der Waals surface area contributed by atoms with Crippen molar-refractivity contribution in [2.45, 2.75) is 0 Å². The minimum absolute atomic E-state index is 0.178. The molecule has 0 amide bonds. The summed E-state index contributed by atoms with van der Waals surface area (Å²) in [7, 11) is 0. The lowest BCUT2D eigenvalue weighted by atomic mass is 10.0. The Morgan fingerprint density at radius 3 is 2.00 bits per heavy atom. The predicted molar refractivity (Wildman–Crippen MR) is 99.4 cm³/mol. The summed E-state index contributed by atoms with van der Waals surface area (Å²) in [6.45, 7) is 0. The molecule has 0 aliphatic heterocycles. The number of fused-ring (bicyclic) bond motifs is 4. The molecule has 0 saturated heterocycles. The fraction of sp³-hybridized carbons (Fsp3) is 0. The number of nitrogens with one attached hydrogen (secondary N) is 2. The topological polar surface area (TPSA) is 85.9 Å². The zero-order valence-corrected chi connectivity index (χ0v) is 13.0. The Morgan fingerprint density at radius 1 is 0.680 bits per heavy atom. The Kier molecular flexibility index (Phi) is 2.60. The molecular formula is C20H12N2O3. The third-order valence-corrected chi connectivity index (χ3v) is 4.65. The number of hydrogen-bond donors (Lipinski definition) is 3. The SMILES string of the molecule is O=c1c2ccccc2[nH]c2c(O)c3c(=O)c4ccccc4[nH]c3cc12. The molecule has 120 valence electrons. The van der Waals surface area contributed by atoms with Crippen molar-refractivity contribution in [3.63, 3.8) is 0 Å².